The molecule has 1 aliphatic heterocycles. The first-order valence-corrected chi connectivity index (χ1v) is 6.64. The highest BCUT2D eigenvalue weighted by Crippen LogP contribution is 2.36. The molecule has 0 radical (unpaired) electrons. The molecular formula is C14H20N2O2. The Hall–Kier alpha value is -1.42. The van der Waals surface area contributed by atoms with E-state index in [9.17, 15) is 0 Å². The Bertz CT molecular complexity index is 436. The second-order valence-electron chi connectivity index (χ2n) is 5.16. The average molecular weight is 248 g/mol. The number of likely N-dealkylation sites (N-methyl/N-ethyl adjacent to an activating group) is 1. The minimum Gasteiger partial charge on any atom is -0.454 e. The van der Waals surface area contributed by atoms with Crippen molar-refractivity contribution in [3.63, 3.8) is 0 Å². The maximum absolute atomic E-state index is 6.23. The van der Waals surface area contributed by atoms with E-state index in [4.69, 9.17) is 15.2 Å². The molecule has 1 aliphatic carbocycles. The summed E-state index contributed by atoms with van der Waals surface area (Å²) >= 11 is 0. The molecule has 98 valence electrons. The number of rotatable bonds is 2. The van der Waals surface area contributed by atoms with Crippen LogP contribution < -0.4 is 20.1 Å². The zero-order valence-corrected chi connectivity index (χ0v) is 10.8. The molecule has 0 bridgehead atoms. The first-order valence-electron chi connectivity index (χ1n) is 6.64. The van der Waals surface area contributed by atoms with Gasteiger partial charge in [-0.15, -0.1) is 0 Å². The van der Waals surface area contributed by atoms with Crippen molar-refractivity contribution in [3.8, 4) is 11.5 Å². The summed E-state index contributed by atoms with van der Waals surface area (Å²) in [4.78, 5) is 2.28. The first-order chi connectivity index (χ1) is 8.75. The lowest BCUT2D eigenvalue weighted by atomic mass is 9.90. The van der Waals surface area contributed by atoms with Gasteiger partial charge in [-0.2, -0.15) is 0 Å². The van der Waals surface area contributed by atoms with Crippen LogP contribution in [-0.2, 0) is 0 Å². The van der Waals surface area contributed by atoms with E-state index in [-0.39, 0.29) is 6.04 Å². The minimum atomic E-state index is 0.272. The van der Waals surface area contributed by atoms with Gasteiger partial charge in [0, 0.05) is 30.9 Å². The topological polar surface area (TPSA) is 47.7 Å². The van der Waals surface area contributed by atoms with Crippen LogP contribution in [0.5, 0.6) is 11.5 Å². The Balaban J connectivity index is 1.81. The molecule has 0 spiro atoms. The zero-order valence-electron chi connectivity index (χ0n) is 10.8. The van der Waals surface area contributed by atoms with Crippen LogP contribution in [0.2, 0.25) is 0 Å². The fourth-order valence-electron chi connectivity index (χ4n) is 2.92. The average Bonchev–Trinajstić information content (AvgIpc) is 2.85. The maximum atomic E-state index is 6.23. The summed E-state index contributed by atoms with van der Waals surface area (Å²) in [6.45, 7) is 0.325. The summed E-state index contributed by atoms with van der Waals surface area (Å²) in [6.07, 6.45) is 4.82. The number of nitrogens with zero attached hydrogens (tertiary/aromatic N) is 1. The number of fused-ring (bicyclic) bond motifs is 1. The summed E-state index contributed by atoms with van der Waals surface area (Å²) < 4.78 is 10.8. The van der Waals surface area contributed by atoms with Crippen LogP contribution in [0.1, 0.15) is 25.7 Å². The van der Waals surface area contributed by atoms with Gasteiger partial charge in [-0.05, 0) is 25.0 Å². The van der Waals surface area contributed by atoms with Gasteiger partial charge in [-0.1, -0.05) is 12.8 Å². The van der Waals surface area contributed by atoms with Gasteiger partial charge >= 0.3 is 0 Å². The Kier molecular flexibility index (Phi) is 3.04. The quantitative estimate of drug-likeness (QED) is 0.871. The smallest absolute Gasteiger partial charge is 0.231 e. The van der Waals surface area contributed by atoms with E-state index in [1.165, 1.54) is 19.3 Å². The molecule has 1 heterocycles. The summed E-state index contributed by atoms with van der Waals surface area (Å²) in [7, 11) is 2.12. The van der Waals surface area contributed by atoms with E-state index >= 15 is 0 Å². The standard InChI is InChI=1S/C14H20N2O2/c1-16(12-5-3-2-4-11(12)15)10-6-7-13-14(8-10)18-9-17-13/h6-8,11-12H,2-5,9,15H2,1H3. The molecule has 0 aromatic heterocycles. The number of hydrogen-bond acceptors (Lipinski definition) is 4. The minimum absolute atomic E-state index is 0.272. The summed E-state index contributed by atoms with van der Waals surface area (Å²) in [5.74, 6) is 1.67. The van der Waals surface area contributed by atoms with Gasteiger partial charge in [0.15, 0.2) is 11.5 Å². The molecule has 2 N–H and O–H groups in total. The second kappa shape index (κ2) is 4.69. The van der Waals surface area contributed by atoms with Crippen molar-refractivity contribution in [3.05, 3.63) is 18.2 Å². The van der Waals surface area contributed by atoms with E-state index in [0.717, 1.165) is 23.6 Å². The molecule has 2 unspecified atom stereocenters. The Morgan fingerprint density at radius 3 is 2.78 bits per heavy atom. The molecule has 0 amide bonds. The van der Waals surface area contributed by atoms with Crippen molar-refractivity contribution in [2.45, 2.75) is 37.8 Å². The van der Waals surface area contributed by atoms with Gasteiger partial charge in [-0.3, -0.25) is 0 Å². The Labute approximate surface area is 108 Å². The largest absolute Gasteiger partial charge is 0.454 e. The van der Waals surface area contributed by atoms with E-state index < -0.39 is 0 Å². The number of hydrogen-bond donors (Lipinski definition) is 1. The third-order valence-corrected chi connectivity index (χ3v) is 4.04. The third kappa shape index (κ3) is 2.01. The third-order valence-electron chi connectivity index (χ3n) is 4.04. The number of anilines is 1. The van der Waals surface area contributed by atoms with E-state index in [0.29, 0.717) is 12.8 Å². The van der Waals surface area contributed by atoms with Crippen LogP contribution in [0.3, 0.4) is 0 Å². The second-order valence-corrected chi connectivity index (χ2v) is 5.16. The lowest BCUT2D eigenvalue weighted by Crippen LogP contribution is -2.48. The normalized spacial score (nSPS) is 26.1. The molecule has 18 heavy (non-hydrogen) atoms. The summed E-state index contributed by atoms with van der Waals surface area (Å²) in [6, 6.07) is 6.80. The highest BCUT2D eigenvalue weighted by Gasteiger charge is 2.26. The van der Waals surface area contributed by atoms with Gasteiger partial charge < -0.3 is 20.1 Å². The van der Waals surface area contributed by atoms with E-state index in [1.807, 2.05) is 12.1 Å². The van der Waals surface area contributed by atoms with Crippen LogP contribution >= 0.6 is 0 Å². The van der Waals surface area contributed by atoms with Crippen LogP contribution in [0, 0.1) is 0 Å². The van der Waals surface area contributed by atoms with Crippen LogP contribution in [0.25, 0.3) is 0 Å². The lowest BCUT2D eigenvalue weighted by Gasteiger charge is -2.37. The molecule has 1 aromatic rings. The molecule has 2 atom stereocenters. The molecule has 4 heteroatoms. The van der Waals surface area contributed by atoms with E-state index in [2.05, 4.69) is 18.0 Å². The molecule has 1 fully saturated rings. The van der Waals surface area contributed by atoms with Crippen LogP contribution in [0.4, 0.5) is 5.69 Å². The van der Waals surface area contributed by atoms with Crippen molar-refractivity contribution >= 4 is 5.69 Å². The Morgan fingerprint density at radius 1 is 1.17 bits per heavy atom. The van der Waals surface area contributed by atoms with Crippen molar-refractivity contribution < 1.29 is 9.47 Å². The summed E-state index contributed by atoms with van der Waals surface area (Å²) in [5.41, 5.74) is 7.39. The van der Waals surface area contributed by atoms with Gasteiger partial charge in [0.2, 0.25) is 6.79 Å². The lowest BCUT2D eigenvalue weighted by molar-refractivity contribution is 0.174. The van der Waals surface area contributed by atoms with Crippen molar-refractivity contribution in [1.82, 2.24) is 0 Å². The van der Waals surface area contributed by atoms with Crippen molar-refractivity contribution in [1.29, 1.82) is 0 Å². The highest BCUT2D eigenvalue weighted by atomic mass is 16.7. The van der Waals surface area contributed by atoms with Crippen molar-refractivity contribution in [2.24, 2.45) is 5.73 Å². The van der Waals surface area contributed by atoms with Gasteiger partial charge in [0.1, 0.15) is 0 Å². The van der Waals surface area contributed by atoms with E-state index in [1.54, 1.807) is 0 Å². The maximum Gasteiger partial charge on any atom is 0.231 e. The highest BCUT2D eigenvalue weighted by molar-refractivity contribution is 5.57. The van der Waals surface area contributed by atoms with Crippen LogP contribution in [-0.4, -0.2) is 25.9 Å². The SMILES string of the molecule is CN(c1ccc2c(c1)OCO2)C1CCCCC1N. The molecule has 3 rings (SSSR count). The fourth-order valence-corrected chi connectivity index (χ4v) is 2.92. The number of nitrogens with two attached hydrogens (primary N) is 1. The molecule has 2 aliphatic rings. The van der Waals surface area contributed by atoms with Gasteiger partial charge in [-0.25, -0.2) is 0 Å². The summed E-state index contributed by atoms with van der Waals surface area (Å²) in [5, 5.41) is 0. The zero-order chi connectivity index (χ0) is 12.5. The Morgan fingerprint density at radius 2 is 1.94 bits per heavy atom. The number of ether oxygens (including phenoxy) is 2. The molecule has 1 saturated carbocycles. The molecule has 1 aromatic carbocycles. The van der Waals surface area contributed by atoms with Crippen molar-refractivity contribution in [2.75, 3.05) is 18.7 Å². The monoisotopic (exact) mass is 248 g/mol. The number of benzene rings is 1. The molecule has 0 saturated heterocycles. The van der Waals surface area contributed by atoms with Gasteiger partial charge in [0.05, 0.1) is 0 Å². The molecular weight excluding hydrogens is 228 g/mol. The van der Waals surface area contributed by atoms with Crippen LogP contribution in [0.15, 0.2) is 18.2 Å². The molecule has 4 nitrogen and oxygen atoms in total. The van der Waals surface area contributed by atoms with Gasteiger partial charge in [0.25, 0.3) is 0 Å². The predicted octanol–water partition coefficient (Wildman–Crippen LogP) is 2.12. The predicted molar refractivity (Wildman–Crippen MR) is 71.2 cm³/mol. The fraction of sp³-hybridized carbons (Fsp3) is 0.571. The first kappa shape index (κ1) is 11.7.